The lowest BCUT2D eigenvalue weighted by Gasteiger charge is -1.84. The topological polar surface area (TPSA) is 105 Å². The van der Waals surface area contributed by atoms with Crippen LogP contribution in [0.4, 0.5) is 0 Å². The number of aromatic amines is 1. The fourth-order valence-corrected chi connectivity index (χ4v) is 0.919. The largest absolute Gasteiger partial charge is 0.319 e. The summed E-state index contributed by atoms with van der Waals surface area (Å²) in [6, 6.07) is 6.04. The van der Waals surface area contributed by atoms with E-state index >= 15 is 0 Å². The SMILES string of the molecule is O=C(N=S(=O)=O)c1cccccn[nH]n1. The number of nitrogens with zero attached hydrogens (tertiary/aromatic N) is 3. The third-order valence-electron chi connectivity index (χ3n) is 1.24. The first-order valence-corrected chi connectivity index (χ1v) is 4.78. The van der Waals surface area contributed by atoms with E-state index in [1.54, 1.807) is 12.1 Å². The number of hydrogen-bond donors (Lipinski definition) is 1. The van der Waals surface area contributed by atoms with Gasteiger partial charge in [0.25, 0.3) is 0 Å². The first-order chi connectivity index (χ1) is 7.20. The molecule has 1 rings (SSSR count). The smallest absolute Gasteiger partial charge is 0.264 e. The molecule has 78 valence electrons. The molecule has 1 heterocycles. The Bertz CT molecular complexity index is 501. The second-order valence-electron chi connectivity index (χ2n) is 2.23. The summed E-state index contributed by atoms with van der Waals surface area (Å²) >= 11 is 0. The van der Waals surface area contributed by atoms with E-state index < -0.39 is 16.4 Å². The number of nitrogens with one attached hydrogen (secondary N) is 1. The maximum absolute atomic E-state index is 11.1. The minimum absolute atomic E-state index is 0.150. The third kappa shape index (κ3) is 4.09. The molecule has 0 fully saturated rings. The normalized spacial score (nSPS) is 8.80. The fraction of sp³-hybridized carbons (Fsp3) is 0. The molecule has 0 saturated heterocycles. The second-order valence-corrected chi connectivity index (χ2v) is 2.85. The molecule has 0 aliphatic carbocycles. The number of hydrogen-bond acceptors (Lipinski definition) is 5. The molecule has 0 spiro atoms. The standard InChI is InChI=1S/C7H6N4O3S/c12-7(10-15(13)14)6-4-2-1-3-5-8-11-9-6/h1-5,11H. The van der Waals surface area contributed by atoms with E-state index in [0.717, 1.165) is 0 Å². The summed E-state index contributed by atoms with van der Waals surface area (Å²) in [5, 5.41) is 9.29. The zero-order valence-corrected chi connectivity index (χ0v) is 8.18. The van der Waals surface area contributed by atoms with Crippen LogP contribution in [0.1, 0.15) is 10.5 Å². The van der Waals surface area contributed by atoms with Gasteiger partial charge in [-0.3, -0.25) is 4.79 Å². The van der Waals surface area contributed by atoms with Crippen molar-refractivity contribution in [1.29, 1.82) is 0 Å². The summed E-state index contributed by atoms with van der Waals surface area (Å²) in [6.07, 6.45) is 1.42. The van der Waals surface area contributed by atoms with Gasteiger partial charge >= 0.3 is 16.4 Å². The first-order valence-electron chi connectivity index (χ1n) is 3.74. The molecule has 0 bridgehead atoms. The van der Waals surface area contributed by atoms with Gasteiger partial charge in [0, 0.05) is 6.20 Å². The van der Waals surface area contributed by atoms with Crippen LogP contribution in [0.5, 0.6) is 0 Å². The molecule has 0 radical (unpaired) electrons. The van der Waals surface area contributed by atoms with E-state index in [1.807, 2.05) is 0 Å². The van der Waals surface area contributed by atoms with Crippen molar-refractivity contribution in [2.24, 2.45) is 4.36 Å². The van der Waals surface area contributed by atoms with Crippen molar-refractivity contribution in [3.8, 4) is 0 Å². The number of rotatable bonds is 1. The average Bonchev–Trinajstić information content (AvgIpc) is 2.29. The Kier molecular flexibility index (Phi) is 4.10. The predicted molar refractivity (Wildman–Crippen MR) is 49.7 cm³/mol. The lowest BCUT2D eigenvalue weighted by Crippen LogP contribution is -1.97. The monoisotopic (exact) mass is 226 g/mol. The van der Waals surface area contributed by atoms with Crippen LogP contribution in [0, 0.1) is 0 Å². The van der Waals surface area contributed by atoms with Crippen LogP contribution >= 0.6 is 0 Å². The maximum Gasteiger partial charge on any atom is 0.319 e. The Morgan fingerprint density at radius 3 is 2.87 bits per heavy atom. The molecule has 0 saturated carbocycles. The molecular weight excluding hydrogens is 220 g/mol. The van der Waals surface area contributed by atoms with Crippen LogP contribution in [0.25, 0.3) is 0 Å². The minimum Gasteiger partial charge on any atom is -0.264 e. The van der Waals surface area contributed by atoms with Crippen LogP contribution in [-0.2, 0) is 10.5 Å². The van der Waals surface area contributed by atoms with Crippen LogP contribution in [-0.4, -0.2) is 29.7 Å². The molecule has 8 heteroatoms. The lowest BCUT2D eigenvalue weighted by molar-refractivity contribution is 0.0999. The molecule has 0 atom stereocenters. The summed E-state index contributed by atoms with van der Waals surface area (Å²) < 4.78 is 23.1. The summed E-state index contributed by atoms with van der Waals surface area (Å²) in [7, 11) is -2.79. The third-order valence-corrected chi connectivity index (χ3v) is 1.56. The molecule has 1 aromatic heterocycles. The molecule has 1 aromatic rings. The Hall–Kier alpha value is -2.09. The molecule has 0 aromatic carbocycles. The first kappa shape index (κ1) is 11.0. The number of amides is 1. The van der Waals surface area contributed by atoms with Crippen molar-refractivity contribution in [2.75, 3.05) is 0 Å². The maximum atomic E-state index is 11.1. The van der Waals surface area contributed by atoms with Crippen molar-refractivity contribution in [2.45, 2.75) is 0 Å². The Balaban J connectivity index is 3.23. The van der Waals surface area contributed by atoms with Gasteiger partial charge in [-0.15, -0.1) is 0 Å². The molecule has 7 nitrogen and oxygen atoms in total. The molecular formula is C7H6N4O3S. The molecule has 0 aliphatic heterocycles. The van der Waals surface area contributed by atoms with Crippen molar-refractivity contribution >= 4 is 16.4 Å². The number of aromatic nitrogens is 3. The van der Waals surface area contributed by atoms with Gasteiger partial charge in [0.2, 0.25) is 0 Å². The molecule has 1 amide bonds. The zero-order chi connectivity index (χ0) is 11.1. The summed E-state index contributed by atoms with van der Waals surface area (Å²) in [4.78, 5) is 11.1. The summed E-state index contributed by atoms with van der Waals surface area (Å²) in [5.74, 6) is -0.961. The fourth-order valence-electron chi connectivity index (χ4n) is 0.690. The predicted octanol–water partition coefficient (Wildman–Crippen LogP) is 0.132. The molecule has 0 aliphatic rings. The van der Waals surface area contributed by atoms with E-state index in [0.29, 0.717) is 0 Å². The van der Waals surface area contributed by atoms with Crippen LogP contribution in [0.2, 0.25) is 0 Å². The van der Waals surface area contributed by atoms with Crippen molar-refractivity contribution in [1.82, 2.24) is 15.4 Å². The van der Waals surface area contributed by atoms with Crippen molar-refractivity contribution in [3.63, 3.8) is 0 Å². The van der Waals surface area contributed by atoms with Gasteiger partial charge < -0.3 is 0 Å². The van der Waals surface area contributed by atoms with Gasteiger partial charge in [0.15, 0.2) is 5.69 Å². The van der Waals surface area contributed by atoms with Crippen LogP contribution in [0.15, 0.2) is 34.8 Å². The summed E-state index contributed by atoms with van der Waals surface area (Å²) in [5.41, 5.74) is -0.150. The highest BCUT2D eigenvalue weighted by Crippen LogP contribution is 1.91. The van der Waals surface area contributed by atoms with Crippen molar-refractivity contribution < 1.29 is 13.2 Å². The van der Waals surface area contributed by atoms with E-state index in [1.165, 1.54) is 18.3 Å². The van der Waals surface area contributed by atoms with Crippen molar-refractivity contribution in [3.05, 3.63) is 36.2 Å². The van der Waals surface area contributed by atoms with Gasteiger partial charge in [-0.2, -0.15) is 23.8 Å². The minimum atomic E-state index is -2.79. The molecule has 0 unspecified atom stereocenters. The van der Waals surface area contributed by atoms with E-state index in [2.05, 4.69) is 19.8 Å². The highest BCUT2D eigenvalue weighted by Gasteiger charge is 2.03. The van der Waals surface area contributed by atoms with Gasteiger partial charge in [-0.25, -0.2) is 0 Å². The Morgan fingerprint density at radius 1 is 1.33 bits per heavy atom. The zero-order valence-electron chi connectivity index (χ0n) is 7.36. The lowest BCUT2D eigenvalue weighted by atomic mass is 10.4. The number of H-pyrrole nitrogens is 1. The van der Waals surface area contributed by atoms with E-state index in [-0.39, 0.29) is 5.69 Å². The summed E-state index contributed by atoms with van der Waals surface area (Å²) in [6.45, 7) is 0. The number of carbonyl (C=O) groups excluding carboxylic acids is 1. The van der Waals surface area contributed by atoms with Gasteiger partial charge in [0.05, 0.1) is 0 Å². The highest BCUT2D eigenvalue weighted by molar-refractivity contribution is 7.62. The van der Waals surface area contributed by atoms with Gasteiger partial charge in [0.1, 0.15) is 0 Å². The average molecular weight is 226 g/mol. The highest BCUT2D eigenvalue weighted by atomic mass is 32.2. The van der Waals surface area contributed by atoms with Crippen LogP contribution < -0.4 is 0 Å². The second kappa shape index (κ2) is 5.60. The van der Waals surface area contributed by atoms with Gasteiger partial charge in [-0.1, -0.05) is 16.5 Å². The quantitative estimate of drug-likeness (QED) is 0.732. The van der Waals surface area contributed by atoms with E-state index in [9.17, 15) is 13.2 Å². The molecule has 15 heavy (non-hydrogen) atoms. The van der Waals surface area contributed by atoms with Crippen LogP contribution in [0.3, 0.4) is 0 Å². The Morgan fingerprint density at radius 2 is 2.13 bits per heavy atom. The van der Waals surface area contributed by atoms with E-state index in [4.69, 9.17) is 0 Å². The Labute approximate surface area is 86.2 Å². The molecule has 1 N–H and O–H groups in total. The number of carbonyl (C=O) groups is 1. The van der Waals surface area contributed by atoms with Gasteiger partial charge in [-0.05, 0) is 12.1 Å².